The minimum absolute atomic E-state index is 0.445. The maximum absolute atomic E-state index is 5.18. The Hall–Kier alpha value is 0.270. The maximum Gasteiger partial charge on any atom is 0.0554 e. The Bertz CT molecular complexity index is 143. The predicted molar refractivity (Wildman–Crippen MR) is 48.0 cm³/mol. The van der Waals surface area contributed by atoms with Crippen LogP contribution in [0.3, 0.4) is 0 Å². The molecule has 0 aromatic rings. The molecule has 0 saturated carbocycles. The summed E-state index contributed by atoms with van der Waals surface area (Å²) in [5.41, 5.74) is 0.445. The molecule has 0 bridgehead atoms. The smallest absolute Gasteiger partial charge is 0.0554 e. The van der Waals surface area contributed by atoms with Crippen LogP contribution in [0.4, 0.5) is 0 Å². The molecule has 0 radical (unpaired) electrons. The van der Waals surface area contributed by atoms with E-state index in [2.05, 4.69) is 12.2 Å². The molecular weight excluding hydrogens is 158 g/mol. The van der Waals surface area contributed by atoms with Gasteiger partial charge in [-0.2, -0.15) is 11.8 Å². The first-order valence-corrected chi connectivity index (χ1v) is 5.33. The van der Waals surface area contributed by atoms with Crippen molar-refractivity contribution in [2.24, 2.45) is 5.41 Å². The largest absolute Gasteiger partial charge is 0.380 e. The van der Waals surface area contributed by atoms with Crippen LogP contribution in [0.1, 0.15) is 6.92 Å². The molecule has 2 rings (SSSR count). The van der Waals surface area contributed by atoms with Crippen molar-refractivity contribution >= 4 is 11.8 Å². The molecule has 2 fully saturated rings. The lowest BCUT2D eigenvalue weighted by molar-refractivity contribution is -0.0996. The summed E-state index contributed by atoms with van der Waals surface area (Å²) in [6, 6.07) is 0.789. The van der Waals surface area contributed by atoms with Gasteiger partial charge in [0.2, 0.25) is 0 Å². The summed E-state index contributed by atoms with van der Waals surface area (Å²) in [5, 5.41) is 3.56. The van der Waals surface area contributed by atoms with E-state index in [4.69, 9.17) is 4.74 Å². The third kappa shape index (κ3) is 1.71. The molecule has 2 nitrogen and oxygen atoms in total. The van der Waals surface area contributed by atoms with Gasteiger partial charge < -0.3 is 10.1 Å². The second-order valence-electron chi connectivity index (χ2n) is 3.92. The Labute approximate surface area is 72.1 Å². The molecule has 2 heterocycles. The summed E-state index contributed by atoms with van der Waals surface area (Å²) in [5.74, 6) is 2.61. The number of rotatable bonds is 3. The number of hydrogen-bond acceptors (Lipinski definition) is 3. The van der Waals surface area contributed by atoms with E-state index in [1.807, 2.05) is 11.8 Å². The van der Waals surface area contributed by atoms with Crippen molar-refractivity contribution in [3.05, 3.63) is 0 Å². The highest BCUT2D eigenvalue weighted by Crippen LogP contribution is 2.26. The fourth-order valence-corrected chi connectivity index (χ4v) is 2.00. The van der Waals surface area contributed by atoms with Crippen molar-refractivity contribution in [2.75, 3.05) is 31.3 Å². The fraction of sp³-hybridized carbons (Fsp3) is 1.00. The van der Waals surface area contributed by atoms with Gasteiger partial charge >= 0.3 is 0 Å². The molecule has 1 N–H and O–H groups in total. The van der Waals surface area contributed by atoms with E-state index in [1.54, 1.807) is 0 Å². The first kappa shape index (κ1) is 7.90. The summed E-state index contributed by atoms with van der Waals surface area (Å²) in [6.45, 7) is 5.31. The van der Waals surface area contributed by atoms with Gasteiger partial charge in [-0.15, -0.1) is 0 Å². The number of ether oxygens (including phenoxy) is 1. The van der Waals surface area contributed by atoms with Gasteiger partial charge in [0.15, 0.2) is 0 Å². The molecule has 0 aromatic carbocycles. The molecule has 2 aliphatic rings. The third-order valence-electron chi connectivity index (χ3n) is 2.36. The molecule has 64 valence electrons. The van der Waals surface area contributed by atoms with Gasteiger partial charge in [0.05, 0.1) is 13.2 Å². The zero-order valence-corrected chi connectivity index (χ0v) is 7.75. The predicted octanol–water partition coefficient (Wildman–Crippen LogP) is 0.728. The van der Waals surface area contributed by atoms with Crippen molar-refractivity contribution in [1.29, 1.82) is 0 Å². The summed E-state index contributed by atoms with van der Waals surface area (Å²) in [4.78, 5) is 0. The molecule has 0 aliphatic carbocycles. The van der Waals surface area contributed by atoms with Crippen molar-refractivity contribution in [3.8, 4) is 0 Å². The minimum Gasteiger partial charge on any atom is -0.380 e. The average Bonchev–Trinajstić information content (AvgIpc) is 1.81. The van der Waals surface area contributed by atoms with Crippen molar-refractivity contribution < 1.29 is 4.74 Å². The van der Waals surface area contributed by atoms with Crippen molar-refractivity contribution in [1.82, 2.24) is 5.32 Å². The quantitative estimate of drug-likeness (QED) is 0.680. The highest BCUT2D eigenvalue weighted by Gasteiger charge is 2.34. The van der Waals surface area contributed by atoms with Crippen LogP contribution < -0.4 is 5.32 Å². The summed E-state index contributed by atoms with van der Waals surface area (Å²) >= 11 is 2.03. The molecule has 0 amide bonds. The van der Waals surface area contributed by atoms with Crippen LogP contribution in [0.2, 0.25) is 0 Å². The first-order valence-electron chi connectivity index (χ1n) is 4.17. The molecule has 2 aliphatic heterocycles. The molecule has 0 aromatic heterocycles. The molecule has 0 unspecified atom stereocenters. The van der Waals surface area contributed by atoms with Gasteiger partial charge in [-0.05, 0) is 0 Å². The lowest BCUT2D eigenvalue weighted by Gasteiger charge is -2.40. The fourth-order valence-electron chi connectivity index (χ4n) is 1.30. The number of nitrogens with one attached hydrogen (secondary N) is 1. The molecule has 2 saturated heterocycles. The highest BCUT2D eigenvalue weighted by molar-refractivity contribution is 8.00. The SMILES string of the molecule is CC1(CNC2CSC2)COC1. The molecular formula is C8H15NOS. The van der Waals surface area contributed by atoms with Crippen molar-refractivity contribution in [2.45, 2.75) is 13.0 Å². The normalized spacial score (nSPS) is 29.2. The zero-order valence-electron chi connectivity index (χ0n) is 6.93. The first-order chi connectivity index (χ1) is 5.29. The third-order valence-corrected chi connectivity index (χ3v) is 3.63. The Balaban J connectivity index is 1.64. The Morgan fingerprint density at radius 3 is 2.64 bits per heavy atom. The van der Waals surface area contributed by atoms with E-state index in [9.17, 15) is 0 Å². The van der Waals surface area contributed by atoms with Gasteiger partial charge in [-0.3, -0.25) is 0 Å². The number of thioether (sulfide) groups is 1. The van der Waals surface area contributed by atoms with E-state index in [0.29, 0.717) is 5.41 Å². The van der Waals surface area contributed by atoms with Gasteiger partial charge in [0, 0.05) is 29.5 Å². The van der Waals surface area contributed by atoms with E-state index in [-0.39, 0.29) is 0 Å². The molecule has 0 atom stereocenters. The van der Waals surface area contributed by atoms with E-state index >= 15 is 0 Å². The topological polar surface area (TPSA) is 21.3 Å². The lowest BCUT2D eigenvalue weighted by Crippen LogP contribution is -2.52. The van der Waals surface area contributed by atoms with Gasteiger partial charge in [0.1, 0.15) is 0 Å². The monoisotopic (exact) mass is 173 g/mol. The highest BCUT2D eigenvalue weighted by atomic mass is 32.2. The Morgan fingerprint density at radius 1 is 1.55 bits per heavy atom. The maximum atomic E-state index is 5.18. The van der Waals surface area contributed by atoms with Crippen LogP contribution in [0, 0.1) is 5.41 Å². The van der Waals surface area contributed by atoms with Gasteiger partial charge in [-0.25, -0.2) is 0 Å². The Kier molecular flexibility index (Phi) is 2.12. The lowest BCUT2D eigenvalue weighted by atomic mass is 9.88. The molecule has 3 heteroatoms. The molecule has 11 heavy (non-hydrogen) atoms. The summed E-state index contributed by atoms with van der Waals surface area (Å²) < 4.78 is 5.18. The zero-order chi connectivity index (χ0) is 7.73. The Morgan fingerprint density at radius 2 is 2.27 bits per heavy atom. The summed E-state index contributed by atoms with van der Waals surface area (Å²) in [7, 11) is 0. The van der Waals surface area contributed by atoms with Crippen LogP contribution in [0.5, 0.6) is 0 Å². The van der Waals surface area contributed by atoms with Crippen LogP contribution in [-0.2, 0) is 4.74 Å². The second kappa shape index (κ2) is 2.96. The second-order valence-corrected chi connectivity index (χ2v) is 4.99. The van der Waals surface area contributed by atoms with E-state index in [0.717, 1.165) is 25.8 Å². The standard InChI is InChI=1S/C8H15NOS/c1-8(5-10-6-8)4-9-7-2-11-3-7/h7,9H,2-6H2,1H3. The summed E-state index contributed by atoms with van der Waals surface area (Å²) in [6.07, 6.45) is 0. The number of hydrogen-bond donors (Lipinski definition) is 1. The van der Waals surface area contributed by atoms with Gasteiger partial charge in [-0.1, -0.05) is 6.92 Å². The van der Waals surface area contributed by atoms with Crippen LogP contribution in [-0.4, -0.2) is 37.3 Å². The van der Waals surface area contributed by atoms with E-state index < -0.39 is 0 Å². The van der Waals surface area contributed by atoms with Gasteiger partial charge in [0.25, 0.3) is 0 Å². The average molecular weight is 173 g/mol. The molecule has 0 spiro atoms. The van der Waals surface area contributed by atoms with Crippen molar-refractivity contribution in [3.63, 3.8) is 0 Å². The minimum atomic E-state index is 0.445. The van der Waals surface area contributed by atoms with Crippen LogP contribution in [0.25, 0.3) is 0 Å². The van der Waals surface area contributed by atoms with Crippen LogP contribution >= 0.6 is 11.8 Å². The van der Waals surface area contributed by atoms with E-state index in [1.165, 1.54) is 11.5 Å². The van der Waals surface area contributed by atoms with Crippen LogP contribution in [0.15, 0.2) is 0 Å².